The number of hydrogen-bond donors (Lipinski definition) is 0. The highest BCUT2D eigenvalue weighted by Crippen LogP contribution is 2.37. The maximum absolute atomic E-state index is 5.95. The highest BCUT2D eigenvalue weighted by Gasteiger charge is 2.33. The van der Waals surface area contributed by atoms with Crippen LogP contribution in [0.2, 0.25) is 0 Å². The first-order valence-corrected chi connectivity index (χ1v) is 6.50. The molecule has 3 nitrogen and oxygen atoms in total. The van der Waals surface area contributed by atoms with E-state index in [0.29, 0.717) is 6.61 Å². The monoisotopic (exact) mass is 249 g/mol. The van der Waals surface area contributed by atoms with Gasteiger partial charge in [-0.1, -0.05) is 24.3 Å². The Hall–Kier alpha value is -0.900. The highest BCUT2D eigenvalue weighted by atomic mass is 16.5. The molecule has 0 amide bonds. The van der Waals surface area contributed by atoms with Crippen LogP contribution in [0.3, 0.4) is 0 Å². The summed E-state index contributed by atoms with van der Waals surface area (Å²) in [5, 5.41) is 0. The molecule has 2 rings (SSSR count). The molecule has 0 saturated heterocycles. The van der Waals surface area contributed by atoms with E-state index in [9.17, 15) is 0 Å². The second-order valence-electron chi connectivity index (χ2n) is 5.57. The third-order valence-corrected chi connectivity index (χ3v) is 3.41. The summed E-state index contributed by atoms with van der Waals surface area (Å²) in [6.45, 7) is 6.53. The van der Waals surface area contributed by atoms with Crippen LogP contribution >= 0.6 is 0 Å². The van der Waals surface area contributed by atoms with Gasteiger partial charge in [-0.25, -0.2) is 0 Å². The number of benzene rings is 1. The number of ether oxygens (including phenoxy) is 2. The largest absolute Gasteiger partial charge is 0.370 e. The van der Waals surface area contributed by atoms with Crippen LogP contribution in [-0.2, 0) is 15.1 Å². The summed E-state index contributed by atoms with van der Waals surface area (Å²) >= 11 is 0. The lowest BCUT2D eigenvalue weighted by Crippen LogP contribution is -2.33. The van der Waals surface area contributed by atoms with Crippen LogP contribution in [0.5, 0.6) is 0 Å². The highest BCUT2D eigenvalue weighted by molar-refractivity contribution is 5.35. The van der Waals surface area contributed by atoms with Crippen molar-refractivity contribution in [2.45, 2.75) is 25.6 Å². The fourth-order valence-corrected chi connectivity index (χ4v) is 2.29. The molecular weight excluding hydrogens is 226 g/mol. The molecule has 0 aliphatic carbocycles. The standard InChI is InChI=1S/C15H23NO2/c1-15(2)13-8-6-5-7-12(13)14(11-18-15)17-10-9-16(3)4/h5-8,14H,9-11H2,1-4H3. The van der Waals surface area contributed by atoms with Crippen LogP contribution in [0.25, 0.3) is 0 Å². The van der Waals surface area contributed by atoms with Gasteiger partial charge >= 0.3 is 0 Å². The number of nitrogens with zero attached hydrogens (tertiary/aromatic N) is 1. The summed E-state index contributed by atoms with van der Waals surface area (Å²) in [4.78, 5) is 2.12. The second kappa shape index (κ2) is 5.39. The molecule has 1 heterocycles. The van der Waals surface area contributed by atoms with E-state index in [1.807, 2.05) is 0 Å². The van der Waals surface area contributed by atoms with Crippen molar-refractivity contribution in [3.63, 3.8) is 0 Å². The minimum absolute atomic E-state index is 0.0641. The van der Waals surface area contributed by atoms with Crippen LogP contribution in [-0.4, -0.2) is 38.8 Å². The summed E-state index contributed by atoms with van der Waals surface area (Å²) in [6.07, 6.45) is 0.0641. The predicted molar refractivity (Wildman–Crippen MR) is 72.7 cm³/mol. The number of hydrogen-bond acceptors (Lipinski definition) is 3. The summed E-state index contributed by atoms with van der Waals surface area (Å²) < 4.78 is 11.9. The predicted octanol–water partition coefficient (Wildman–Crippen LogP) is 2.57. The molecule has 1 aromatic rings. The van der Waals surface area contributed by atoms with Gasteiger partial charge in [0.25, 0.3) is 0 Å². The van der Waals surface area contributed by atoms with Gasteiger partial charge in [0.05, 0.1) is 18.8 Å². The summed E-state index contributed by atoms with van der Waals surface area (Å²) in [5.41, 5.74) is 2.30. The van der Waals surface area contributed by atoms with E-state index in [4.69, 9.17) is 9.47 Å². The molecule has 3 heteroatoms. The molecule has 18 heavy (non-hydrogen) atoms. The molecule has 0 N–H and O–H groups in total. The number of rotatable bonds is 4. The van der Waals surface area contributed by atoms with Crippen molar-refractivity contribution in [1.29, 1.82) is 0 Å². The smallest absolute Gasteiger partial charge is 0.106 e. The third-order valence-electron chi connectivity index (χ3n) is 3.41. The summed E-state index contributed by atoms with van der Waals surface area (Å²) in [7, 11) is 4.11. The average molecular weight is 249 g/mol. The topological polar surface area (TPSA) is 21.7 Å². The SMILES string of the molecule is CN(C)CCOC1COC(C)(C)c2ccccc21. The van der Waals surface area contributed by atoms with Crippen molar-refractivity contribution in [1.82, 2.24) is 4.90 Å². The molecule has 0 spiro atoms. The van der Waals surface area contributed by atoms with Gasteiger partial charge in [-0.05, 0) is 39.1 Å². The minimum atomic E-state index is -0.210. The van der Waals surface area contributed by atoms with Crippen molar-refractivity contribution in [2.24, 2.45) is 0 Å². The molecule has 1 aromatic carbocycles. The van der Waals surface area contributed by atoms with Crippen molar-refractivity contribution in [2.75, 3.05) is 33.9 Å². The van der Waals surface area contributed by atoms with Gasteiger partial charge in [0.15, 0.2) is 0 Å². The van der Waals surface area contributed by atoms with Crippen LogP contribution in [0.4, 0.5) is 0 Å². The van der Waals surface area contributed by atoms with Crippen LogP contribution in [0.1, 0.15) is 31.1 Å². The van der Waals surface area contributed by atoms with Gasteiger partial charge in [-0.15, -0.1) is 0 Å². The zero-order valence-electron chi connectivity index (χ0n) is 11.8. The van der Waals surface area contributed by atoms with E-state index in [-0.39, 0.29) is 11.7 Å². The van der Waals surface area contributed by atoms with E-state index >= 15 is 0 Å². The Morgan fingerprint density at radius 3 is 2.78 bits per heavy atom. The molecule has 1 atom stereocenters. The first-order valence-electron chi connectivity index (χ1n) is 6.50. The maximum atomic E-state index is 5.95. The molecule has 1 aliphatic heterocycles. The Bertz CT molecular complexity index is 401. The Morgan fingerprint density at radius 1 is 1.33 bits per heavy atom. The molecule has 0 saturated carbocycles. The number of likely N-dealkylation sites (N-methyl/N-ethyl adjacent to an activating group) is 1. The van der Waals surface area contributed by atoms with E-state index < -0.39 is 0 Å². The Labute approximate surface area is 110 Å². The molecular formula is C15H23NO2. The fraction of sp³-hybridized carbons (Fsp3) is 0.600. The normalized spacial score (nSPS) is 21.9. The molecule has 1 aliphatic rings. The lowest BCUT2D eigenvalue weighted by Gasteiger charge is -2.37. The lowest BCUT2D eigenvalue weighted by molar-refractivity contribution is -0.105. The summed E-state index contributed by atoms with van der Waals surface area (Å²) in [5.74, 6) is 0. The third kappa shape index (κ3) is 2.91. The van der Waals surface area contributed by atoms with E-state index in [2.05, 4.69) is 57.1 Å². The van der Waals surface area contributed by atoms with Gasteiger partial charge in [0.2, 0.25) is 0 Å². The van der Waals surface area contributed by atoms with Crippen LogP contribution < -0.4 is 0 Å². The van der Waals surface area contributed by atoms with Crippen molar-refractivity contribution in [3.8, 4) is 0 Å². The summed E-state index contributed by atoms with van der Waals surface area (Å²) in [6, 6.07) is 8.42. The zero-order chi connectivity index (χ0) is 13.2. The van der Waals surface area contributed by atoms with Crippen LogP contribution in [0.15, 0.2) is 24.3 Å². The maximum Gasteiger partial charge on any atom is 0.106 e. The first-order chi connectivity index (χ1) is 8.50. The van der Waals surface area contributed by atoms with Crippen molar-refractivity contribution < 1.29 is 9.47 Å². The van der Waals surface area contributed by atoms with E-state index in [1.54, 1.807) is 0 Å². The van der Waals surface area contributed by atoms with E-state index in [0.717, 1.165) is 13.2 Å². The molecule has 100 valence electrons. The Kier molecular flexibility index (Phi) is 4.05. The van der Waals surface area contributed by atoms with Crippen molar-refractivity contribution in [3.05, 3.63) is 35.4 Å². The van der Waals surface area contributed by atoms with Crippen molar-refractivity contribution >= 4 is 0 Å². The molecule has 0 aromatic heterocycles. The van der Waals surface area contributed by atoms with E-state index in [1.165, 1.54) is 11.1 Å². The van der Waals surface area contributed by atoms with Gasteiger partial charge < -0.3 is 14.4 Å². The quantitative estimate of drug-likeness (QED) is 0.818. The van der Waals surface area contributed by atoms with Gasteiger partial charge in [0, 0.05) is 6.54 Å². The molecule has 0 fully saturated rings. The second-order valence-corrected chi connectivity index (χ2v) is 5.57. The molecule has 0 radical (unpaired) electrons. The average Bonchev–Trinajstić information content (AvgIpc) is 2.32. The molecule has 0 bridgehead atoms. The zero-order valence-corrected chi connectivity index (χ0v) is 11.8. The first kappa shape index (κ1) is 13.5. The Morgan fingerprint density at radius 2 is 2.06 bits per heavy atom. The van der Waals surface area contributed by atoms with Gasteiger partial charge in [-0.2, -0.15) is 0 Å². The van der Waals surface area contributed by atoms with Gasteiger partial charge in [-0.3, -0.25) is 0 Å². The fourth-order valence-electron chi connectivity index (χ4n) is 2.29. The minimum Gasteiger partial charge on any atom is -0.370 e. The van der Waals surface area contributed by atoms with Gasteiger partial charge in [0.1, 0.15) is 6.10 Å². The number of fused-ring (bicyclic) bond motifs is 1. The Balaban J connectivity index is 2.11. The van der Waals surface area contributed by atoms with Crippen LogP contribution in [0, 0.1) is 0 Å². The lowest BCUT2D eigenvalue weighted by atomic mass is 9.88. The molecule has 1 unspecified atom stereocenters.